The first-order chi connectivity index (χ1) is 9.11. The highest BCUT2D eigenvalue weighted by Crippen LogP contribution is 2.22. The van der Waals surface area contributed by atoms with Gasteiger partial charge in [0.15, 0.2) is 0 Å². The summed E-state index contributed by atoms with van der Waals surface area (Å²) in [6.07, 6.45) is 1.03. The van der Waals surface area contributed by atoms with Crippen molar-refractivity contribution in [3.05, 3.63) is 29.3 Å². The normalized spacial score (nSPS) is 16.4. The van der Waals surface area contributed by atoms with Crippen LogP contribution in [0.3, 0.4) is 0 Å². The van der Waals surface area contributed by atoms with E-state index < -0.39 is 0 Å². The fourth-order valence-electron chi connectivity index (χ4n) is 2.67. The van der Waals surface area contributed by atoms with Crippen LogP contribution in [0.1, 0.15) is 24.5 Å². The first-order valence-electron chi connectivity index (χ1n) is 6.92. The molecule has 4 heteroatoms. The molecule has 1 aliphatic heterocycles. The van der Waals surface area contributed by atoms with Gasteiger partial charge in [-0.1, -0.05) is 12.1 Å². The third kappa shape index (κ3) is 3.26. The minimum absolute atomic E-state index is 0.178. The van der Waals surface area contributed by atoms with Gasteiger partial charge in [-0.05, 0) is 30.5 Å². The molecule has 1 fully saturated rings. The fraction of sp³-hybridized carbons (Fsp3) is 0.533. The summed E-state index contributed by atoms with van der Waals surface area (Å²) in [6, 6.07) is 6.40. The van der Waals surface area contributed by atoms with Crippen molar-refractivity contribution in [1.82, 2.24) is 4.90 Å². The lowest BCUT2D eigenvalue weighted by atomic mass is 10.1. The summed E-state index contributed by atoms with van der Waals surface area (Å²) >= 11 is 0. The maximum atomic E-state index is 11.4. The largest absolute Gasteiger partial charge is 0.369 e. The van der Waals surface area contributed by atoms with Gasteiger partial charge in [-0.25, -0.2) is 0 Å². The van der Waals surface area contributed by atoms with Crippen LogP contribution in [-0.2, 0) is 11.3 Å². The van der Waals surface area contributed by atoms with Crippen molar-refractivity contribution < 1.29 is 4.79 Å². The average Bonchev–Trinajstić information content (AvgIpc) is 2.64. The average molecular weight is 261 g/mol. The van der Waals surface area contributed by atoms with Crippen molar-refractivity contribution in [2.45, 2.75) is 26.8 Å². The van der Waals surface area contributed by atoms with Gasteiger partial charge in [-0.15, -0.1) is 0 Å². The summed E-state index contributed by atoms with van der Waals surface area (Å²) < 4.78 is 0. The molecular formula is C15H23N3O. The minimum Gasteiger partial charge on any atom is -0.369 e. The summed E-state index contributed by atoms with van der Waals surface area (Å²) in [6.45, 7) is 7.95. The van der Waals surface area contributed by atoms with E-state index in [1.165, 1.54) is 16.8 Å². The van der Waals surface area contributed by atoms with Crippen molar-refractivity contribution in [2.75, 3.05) is 31.1 Å². The molecule has 104 valence electrons. The number of carbonyl (C=O) groups excluding carboxylic acids is 1. The van der Waals surface area contributed by atoms with Gasteiger partial charge in [0.05, 0.1) is 0 Å². The molecule has 0 unspecified atom stereocenters. The second-order valence-corrected chi connectivity index (χ2v) is 5.17. The van der Waals surface area contributed by atoms with Crippen LogP contribution in [0, 0.1) is 6.92 Å². The summed E-state index contributed by atoms with van der Waals surface area (Å²) in [4.78, 5) is 15.7. The van der Waals surface area contributed by atoms with E-state index in [-0.39, 0.29) is 5.91 Å². The SMILES string of the molecule is CC(=O)N1CCCN(c2ccc(CN)cc2C)CC1. The first-order valence-corrected chi connectivity index (χ1v) is 6.92. The lowest BCUT2D eigenvalue weighted by Gasteiger charge is -2.25. The second kappa shape index (κ2) is 6.06. The molecular weight excluding hydrogens is 238 g/mol. The van der Waals surface area contributed by atoms with Crippen molar-refractivity contribution in [3.63, 3.8) is 0 Å². The molecule has 1 heterocycles. The third-order valence-electron chi connectivity index (χ3n) is 3.78. The van der Waals surface area contributed by atoms with Crippen LogP contribution in [0.15, 0.2) is 18.2 Å². The van der Waals surface area contributed by atoms with Crippen LogP contribution in [-0.4, -0.2) is 37.0 Å². The number of hydrogen-bond acceptors (Lipinski definition) is 3. The number of nitrogens with two attached hydrogens (primary N) is 1. The van der Waals surface area contributed by atoms with Crippen molar-refractivity contribution in [1.29, 1.82) is 0 Å². The summed E-state index contributed by atoms with van der Waals surface area (Å²) in [7, 11) is 0. The maximum absolute atomic E-state index is 11.4. The lowest BCUT2D eigenvalue weighted by molar-refractivity contribution is -0.128. The van der Waals surface area contributed by atoms with Crippen LogP contribution in [0.2, 0.25) is 0 Å². The molecule has 0 bridgehead atoms. The van der Waals surface area contributed by atoms with Gasteiger partial charge in [-0.2, -0.15) is 0 Å². The van der Waals surface area contributed by atoms with Crippen LogP contribution in [0.25, 0.3) is 0 Å². The van der Waals surface area contributed by atoms with E-state index in [9.17, 15) is 4.79 Å². The summed E-state index contributed by atoms with van der Waals surface area (Å²) in [5.41, 5.74) is 9.36. The van der Waals surface area contributed by atoms with Crippen molar-refractivity contribution in [2.24, 2.45) is 5.73 Å². The maximum Gasteiger partial charge on any atom is 0.219 e. The molecule has 2 rings (SSSR count). The number of aryl methyl sites for hydroxylation is 1. The smallest absolute Gasteiger partial charge is 0.219 e. The second-order valence-electron chi connectivity index (χ2n) is 5.17. The van der Waals surface area contributed by atoms with Gasteiger partial charge in [-0.3, -0.25) is 4.79 Å². The Morgan fingerprint density at radius 2 is 2.05 bits per heavy atom. The zero-order chi connectivity index (χ0) is 13.8. The zero-order valence-electron chi connectivity index (χ0n) is 11.9. The Balaban J connectivity index is 2.12. The summed E-state index contributed by atoms with van der Waals surface area (Å²) in [5, 5.41) is 0. The molecule has 0 aliphatic carbocycles. The number of anilines is 1. The molecule has 1 aromatic rings. The Morgan fingerprint density at radius 1 is 1.26 bits per heavy atom. The standard InChI is InChI=1S/C15H23N3O/c1-12-10-14(11-16)4-5-15(12)18-7-3-6-17(8-9-18)13(2)19/h4-5,10H,3,6-9,11,16H2,1-2H3. The van der Waals surface area contributed by atoms with E-state index in [0.29, 0.717) is 6.54 Å². The number of hydrogen-bond donors (Lipinski definition) is 1. The van der Waals surface area contributed by atoms with Gasteiger partial charge in [0.25, 0.3) is 0 Å². The number of amides is 1. The molecule has 0 spiro atoms. The lowest BCUT2D eigenvalue weighted by Crippen LogP contribution is -2.33. The molecule has 1 amide bonds. The van der Waals surface area contributed by atoms with Gasteiger partial charge >= 0.3 is 0 Å². The van der Waals surface area contributed by atoms with E-state index in [1.54, 1.807) is 6.92 Å². The first kappa shape index (κ1) is 13.9. The number of benzene rings is 1. The predicted molar refractivity (Wildman–Crippen MR) is 78.2 cm³/mol. The Kier molecular flexibility index (Phi) is 4.43. The fourth-order valence-corrected chi connectivity index (χ4v) is 2.67. The Hall–Kier alpha value is -1.55. The number of rotatable bonds is 2. The summed E-state index contributed by atoms with van der Waals surface area (Å²) in [5.74, 6) is 0.178. The van der Waals surface area contributed by atoms with E-state index in [1.807, 2.05) is 4.90 Å². The third-order valence-corrected chi connectivity index (χ3v) is 3.78. The Bertz CT molecular complexity index is 459. The van der Waals surface area contributed by atoms with Crippen LogP contribution < -0.4 is 10.6 Å². The monoisotopic (exact) mass is 261 g/mol. The van der Waals surface area contributed by atoms with Gasteiger partial charge < -0.3 is 15.5 Å². The quantitative estimate of drug-likeness (QED) is 0.878. The highest BCUT2D eigenvalue weighted by Gasteiger charge is 2.17. The van der Waals surface area contributed by atoms with Crippen LogP contribution >= 0.6 is 0 Å². The minimum atomic E-state index is 0.178. The van der Waals surface area contributed by atoms with Crippen LogP contribution in [0.4, 0.5) is 5.69 Å². The number of carbonyl (C=O) groups is 1. The molecule has 1 aliphatic rings. The molecule has 0 atom stereocenters. The molecule has 1 saturated heterocycles. The van der Waals surface area contributed by atoms with Crippen LogP contribution in [0.5, 0.6) is 0 Å². The van der Waals surface area contributed by atoms with E-state index in [2.05, 4.69) is 30.0 Å². The molecule has 19 heavy (non-hydrogen) atoms. The zero-order valence-corrected chi connectivity index (χ0v) is 11.9. The Morgan fingerprint density at radius 3 is 2.68 bits per heavy atom. The highest BCUT2D eigenvalue weighted by atomic mass is 16.2. The van der Waals surface area contributed by atoms with E-state index in [0.717, 1.165) is 32.6 Å². The molecule has 2 N–H and O–H groups in total. The van der Waals surface area contributed by atoms with E-state index in [4.69, 9.17) is 5.73 Å². The van der Waals surface area contributed by atoms with Gasteiger partial charge in [0, 0.05) is 45.3 Å². The van der Waals surface area contributed by atoms with Gasteiger partial charge in [0.1, 0.15) is 0 Å². The molecule has 0 radical (unpaired) electrons. The molecule has 1 aromatic carbocycles. The molecule has 4 nitrogen and oxygen atoms in total. The predicted octanol–water partition coefficient (Wildman–Crippen LogP) is 1.51. The molecule has 0 saturated carbocycles. The van der Waals surface area contributed by atoms with Gasteiger partial charge in [0.2, 0.25) is 5.91 Å². The topological polar surface area (TPSA) is 49.6 Å². The highest BCUT2D eigenvalue weighted by molar-refractivity contribution is 5.73. The number of nitrogens with zero attached hydrogens (tertiary/aromatic N) is 2. The van der Waals surface area contributed by atoms with E-state index >= 15 is 0 Å². The molecule has 0 aromatic heterocycles. The van der Waals surface area contributed by atoms with Crippen molar-refractivity contribution >= 4 is 11.6 Å². The Labute approximate surface area is 115 Å². The van der Waals surface area contributed by atoms with Crippen molar-refractivity contribution in [3.8, 4) is 0 Å².